The van der Waals surface area contributed by atoms with Crippen LogP contribution in [0.4, 0.5) is 0 Å². The zero-order valence-electron chi connectivity index (χ0n) is 12.3. The van der Waals surface area contributed by atoms with Gasteiger partial charge in [-0.3, -0.25) is 0 Å². The summed E-state index contributed by atoms with van der Waals surface area (Å²) in [4.78, 5) is 0. The van der Waals surface area contributed by atoms with E-state index < -0.39 is 0 Å². The smallest absolute Gasteiger partial charge is 0.191 e. The second-order valence-corrected chi connectivity index (χ2v) is 6.61. The van der Waals surface area contributed by atoms with Crippen LogP contribution < -0.4 is 10.5 Å². The van der Waals surface area contributed by atoms with E-state index in [0.717, 1.165) is 32.5 Å². The van der Waals surface area contributed by atoms with Gasteiger partial charge in [0.15, 0.2) is 5.16 Å². The maximum Gasteiger partial charge on any atom is 0.191 e. The van der Waals surface area contributed by atoms with Gasteiger partial charge in [0.05, 0.1) is 13.7 Å². The summed E-state index contributed by atoms with van der Waals surface area (Å²) in [6.07, 6.45) is 0. The predicted molar refractivity (Wildman–Crippen MR) is 88.6 cm³/mol. The van der Waals surface area contributed by atoms with E-state index in [1.807, 2.05) is 18.2 Å². The fourth-order valence-corrected chi connectivity index (χ4v) is 3.64. The highest BCUT2D eigenvalue weighted by atomic mass is 79.9. The van der Waals surface area contributed by atoms with Crippen LogP contribution in [0.25, 0.3) is 0 Å². The van der Waals surface area contributed by atoms with Crippen LogP contribution in [0.15, 0.2) is 27.8 Å². The highest BCUT2D eigenvalue weighted by Gasteiger charge is 2.14. The van der Waals surface area contributed by atoms with Crippen molar-refractivity contribution in [3.8, 4) is 5.75 Å². The first-order valence-electron chi connectivity index (χ1n) is 6.65. The zero-order chi connectivity index (χ0) is 15.4. The molecular weight excluding hydrogens is 352 g/mol. The fourth-order valence-electron chi connectivity index (χ4n) is 1.99. The third kappa shape index (κ3) is 3.78. The van der Waals surface area contributed by atoms with Crippen LogP contribution in [0.2, 0.25) is 0 Å². The Balaban J connectivity index is 2.18. The maximum absolute atomic E-state index is 5.71. The minimum Gasteiger partial charge on any atom is -0.497 e. The highest BCUT2D eigenvalue weighted by molar-refractivity contribution is 9.10. The van der Waals surface area contributed by atoms with Gasteiger partial charge in [-0.15, -0.1) is 10.2 Å². The first kappa shape index (κ1) is 16.3. The van der Waals surface area contributed by atoms with E-state index >= 15 is 0 Å². The molecular formula is C14H19BrN4OS. The molecule has 5 nitrogen and oxygen atoms in total. The third-order valence-electron chi connectivity index (χ3n) is 3.04. The molecule has 0 spiro atoms. The van der Waals surface area contributed by atoms with E-state index in [2.05, 4.69) is 44.5 Å². The number of rotatable bonds is 6. The van der Waals surface area contributed by atoms with E-state index in [1.54, 1.807) is 18.9 Å². The molecule has 2 aromatic rings. The number of nitrogens with zero attached hydrogens (tertiary/aromatic N) is 3. The molecule has 0 unspecified atom stereocenters. The largest absolute Gasteiger partial charge is 0.497 e. The molecule has 1 heterocycles. The maximum atomic E-state index is 5.71. The lowest BCUT2D eigenvalue weighted by molar-refractivity contribution is 0.414. The van der Waals surface area contributed by atoms with Crippen molar-refractivity contribution in [3.63, 3.8) is 0 Å². The molecule has 1 aromatic carbocycles. The van der Waals surface area contributed by atoms with Crippen LogP contribution in [0.1, 0.15) is 31.3 Å². The molecule has 0 saturated heterocycles. The van der Waals surface area contributed by atoms with Crippen molar-refractivity contribution in [1.82, 2.24) is 14.8 Å². The number of nitrogens with two attached hydrogens (primary N) is 1. The van der Waals surface area contributed by atoms with E-state index in [4.69, 9.17) is 10.5 Å². The van der Waals surface area contributed by atoms with Crippen molar-refractivity contribution in [3.05, 3.63) is 34.1 Å². The lowest BCUT2D eigenvalue weighted by Gasteiger charge is -2.13. The zero-order valence-corrected chi connectivity index (χ0v) is 14.7. The van der Waals surface area contributed by atoms with Crippen LogP contribution in [-0.2, 0) is 12.3 Å². The molecule has 0 saturated carbocycles. The van der Waals surface area contributed by atoms with E-state index in [0.29, 0.717) is 6.54 Å². The van der Waals surface area contributed by atoms with Gasteiger partial charge in [0.2, 0.25) is 0 Å². The van der Waals surface area contributed by atoms with Gasteiger partial charge < -0.3 is 15.0 Å². The van der Waals surface area contributed by atoms with Crippen molar-refractivity contribution in [1.29, 1.82) is 0 Å². The van der Waals surface area contributed by atoms with Crippen molar-refractivity contribution < 1.29 is 4.74 Å². The number of aromatic nitrogens is 3. The second kappa shape index (κ2) is 7.29. The lowest BCUT2D eigenvalue weighted by atomic mass is 10.2. The number of hydrogen-bond acceptors (Lipinski definition) is 5. The number of methoxy groups -OCH3 is 1. The summed E-state index contributed by atoms with van der Waals surface area (Å²) in [6.45, 7) is 4.61. The number of halogens is 1. The Labute approximate surface area is 137 Å². The summed E-state index contributed by atoms with van der Waals surface area (Å²) in [6, 6.07) is 6.24. The van der Waals surface area contributed by atoms with Gasteiger partial charge in [0.1, 0.15) is 11.6 Å². The van der Waals surface area contributed by atoms with Crippen LogP contribution >= 0.6 is 27.7 Å². The summed E-state index contributed by atoms with van der Waals surface area (Å²) >= 11 is 5.21. The molecule has 0 amide bonds. The number of ether oxygens (including phenoxy) is 1. The molecule has 0 aliphatic heterocycles. The van der Waals surface area contributed by atoms with Gasteiger partial charge in [0, 0.05) is 16.3 Å². The Morgan fingerprint density at radius 3 is 2.76 bits per heavy atom. The van der Waals surface area contributed by atoms with Crippen molar-refractivity contribution >= 4 is 27.7 Å². The molecule has 114 valence electrons. The van der Waals surface area contributed by atoms with Gasteiger partial charge in [-0.25, -0.2) is 0 Å². The Bertz CT molecular complexity index is 615. The Morgan fingerprint density at radius 1 is 1.38 bits per heavy atom. The molecule has 0 radical (unpaired) electrons. The first-order valence-corrected chi connectivity index (χ1v) is 8.43. The van der Waals surface area contributed by atoms with Gasteiger partial charge in [0.25, 0.3) is 0 Å². The van der Waals surface area contributed by atoms with E-state index in [1.165, 1.54) is 0 Å². The normalized spacial score (nSPS) is 11.1. The van der Waals surface area contributed by atoms with Crippen LogP contribution in [-0.4, -0.2) is 21.9 Å². The average Bonchev–Trinajstić information content (AvgIpc) is 2.89. The van der Waals surface area contributed by atoms with E-state index in [-0.39, 0.29) is 6.04 Å². The predicted octanol–water partition coefficient (Wildman–Crippen LogP) is 3.38. The molecule has 1 aromatic heterocycles. The van der Waals surface area contributed by atoms with E-state index in [9.17, 15) is 0 Å². The summed E-state index contributed by atoms with van der Waals surface area (Å²) in [5, 5.41) is 9.29. The Hall–Kier alpha value is -1.05. The molecule has 7 heteroatoms. The minimum atomic E-state index is 0.287. The summed E-state index contributed by atoms with van der Waals surface area (Å²) in [7, 11) is 1.67. The van der Waals surface area contributed by atoms with Gasteiger partial charge in [-0.2, -0.15) is 0 Å². The van der Waals surface area contributed by atoms with Crippen LogP contribution in [0.3, 0.4) is 0 Å². The molecule has 2 N–H and O–H groups in total. The lowest BCUT2D eigenvalue weighted by Crippen LogP contribution is -2.11. The Kier molecular flexibility index (Phi) is 5.66. The molecule has 0 aliphatic carbocycles. The summed E-state index contributed by atoms with van der Waals surface area (Å²) in [5.41, 5.74) is 6.87. The average molecular weight is 371 g/mol. The summed E-state index contributed by atoms with van der Waals surface area (Å²) in [5.74, 6) is 2.45. The fraction of sp³-hybridized carbons (Fsp3) is 0.429. The number of thioether (sulfide) groups is 1. The van der Waals surface area contributed by atoms with Crippen molar-refractivity contribution in [2.24, 2.45) is 5.73 Å². The van der Waals surface area contributed by atoms with Gasteiger partial charge in [-0.1, -0.05) is 27.7 Å². The summed E-state index contributed by atoms with van der Waals surface area (Å²) < 4.78 is 8.41. The topological polar surface area (TPSA) is 66.0 Å². The van der Waals surface area contributed by atoms with Crippen LogP contribution in [0.5, 0.6) is 5.75 Å². The minimum absolute atomic E-state index is 0.287. The standard InChI is InChI=1S/C14H19BrN4OS/c1-9(2)19-13(7-16)17-18-14(19)21-8-10-6-11(20-3)4-5-12(10)15/h4-6,9H,7-8,16H2,1-3H3. The van der Waals surface area contributed by atoms with Gasteiger partial charge >= 0.3 is 0 Å². The monoisotopic (exact) mass is 370 g/mol. The Morgan fingerprint density at radius 2 is 2.14 bits per heavy atom. The molecule has 21 heavy (non-hydrogen) atoms. The second-order valence-electron chi connectivity index (χ2n) is 4.81. The SMILES string of the molecule is COc1ccc(Br)c(CSc2nnc(CN)n2C(C)C)c1. The van der Waals surface area contributed by atoms with Crippen LogP contribution in [0, 0.1) is 0 Å². The third-order valence-corrected chi connectivity index (χ3v) is 4.81. The number of hydrogen-bond donors (Lipinski definition) is 1. The van der Waals surface area contributed by atoms with Crippen molar-refractivity contribution in [2.45, 2.75) is 37.3 Å². The molecule has 0 fully saturated rings. The quantitative estimate of drug-likeness (QED) is 0.789. The first-order chi connectivity index (χ1) is 10.1. The molecule has 0 aliphatic rings. The molecule has 0 atom stereocenters. The van der Waals surface area contributed by atoms with Gasteiger partial charge in [-0.05, 0) is 37.6 Å². The highest BCUT2D eigenvalue weighted by Crippen LogP contribution is 2.30. The molecule has 2 rings (SSSR count). The van der Waals surface area contributed by atoms with Crippen molar-refractivity contribution in [2.75, 3.05) is 7.11 Å². The number of benzene rings is 1. The molecule has 0 bridgehead atoms.